The second kappa shape index (κ2) is 5.73. The summed E-state index contributed by atoms with van der Waals surface area (Å²) in [7, 11) is 0. The average Bonchev–Trinajstić information content (AvgIpc) is 2.25. The van der Waals surface area contributed by atoms with Gasteiger partial charge >= 0.3 is 5.97 Å². The molecule has 1 rings (SSSR count). The Kier molecular flexibility index (Phi) is 4.87. The minimum atomic E-state index is -1.62. The van der Waals surface area contributed by atoms with Crippen LogP contribution in [0.15, 0.2) is 30.3 Å². The fourth-order valence-electron chi connectivity index (χ4n) is 1.04. The maximum Gasteiger partial charge on any atom is 0.327 e. The fourth-order valence-corrected chi connectivity index (χ4v) is 1.20. The van der Waals surface area contributed by atoms with E-state index in [1.807, 2.05) is 6.07 Å². The first-order valence-electron chi connectivity index (χ1n) is 4.44. The van der Waals surface area contributed by atoms with Crippen molar-refractivity contribution in [2.75, 3.05) is 6.61 Å². The standard InChI is InChI=1S/C10H10Cl3NO2/c11-10(12,13)6-16-9(15)8(14)7-4-2-1-3-5-7/h1-5,8H,6,14H2. The van der Waals surface area contributed by atoms with E-state index in [1.54, 1.807) is 24.3 Å². The lowest BCUT2D eigenvalue weighted by Crippen LogP contribution is -2.27. The molecule has 0 amide bonds. The van der Waals surface area contributed by atoms with Gasteiger partial charge in [0.15, 0.2) is 0 Å². The zero-order chi connectivity index (χ0) is 12.2. The van der Waals surface area contributed by atoms with Gasteiger partial charge in [0, 0.05) is 0 Å². The van der Waals surface area contributed by atoms with Crippen molar-refractivity contribution in [1.82, 2.24) is 0 Å². The first kappa shape index (κ1) is 13.6. The van der Waals surface area contributed by atoms with E-state index >= 15 is 0 Å². The lowest BCUT2D eigenvalue weighted by molar-refractivity contribution is -0.145. The predicted octanol–water partition coefficient (Wildman–Crippen LogP) is 2.60. The van der Waals surface area contributed by atoms with Gasteiger partial charge in [-0.1, -0.05) is 65.1 Å². The van der Waals surface area contributed by atoms with Crippen LogP contribution in [-0.4, -0.2) is 16.4 Å². The lowest BCUT2D eigenvalue weighted by atomic mass is 10.1. The van der Waals surface area contributed by atoms with Crippen LogP contribution < -0.4 is 5.73 Å². The van der Waals surface area contributed by atoms with Gasteiger partial charge in [0.2, 0.25) is 3.79 Å². The van der Waals surface area contributed by atoms with Crippen LogP contribution >= 0.6 is 34.8 Å². The highest BCUT2D eigenvalue weighted by Crippen LogP contribution is 2.26. The van der Waals surface area contributed by atoms with Gasteiger partial charge in [-0.15, -0.1) is 0 Å². The zero-order valence-corrected chi connectivity index (χ0v) is 10.5. The number of ether oxygens (including phenoxy) is 1. The number of halogens is 3. The van der Waals surface area contributed by atoms with Crippen molar-refractivity contribution < 1.29 is 9.53 Å². The monoisotopic (exact) mass is 281 g/mol. The molecule has 1 aromatic carbocycles. The molecule has 0 aliphatic carbocycles. The third-order valence-electron chi connectivity index (χ3n) is 1.79. The van der Waals surface area contributed by atoms with Crippen molar-refractivity contribution in [3.05, 3.63) is 35.9 Å². The van der Waals surface area contributed by atoms with E-state index < -0.39 is 15.8 Å². The number of carbonyl (C=O) groups excluding carboxylic acids is 1. The molecule has 1 unspecified atom stereocenters. The number of nitrogens with two attached hydrogens (primary N) is 1. The fraction of sp³-hybridized carbons (Fsp3) is 0.300. The summed E-state index contributed by atoms with van der Waals surface area (Å²) in [5.41, 5.74) is 6.31. The Balaban J connectivity index is 2.55. The van der Waals surface area contributed by atoms with E-state index in [0.29, 0.717) is 5.56 Å². The van der Waals surface area contributed by atoms with E-state index in [-0.39, 0.29) is 6.61 Å². The molecule has 0 bridgehead atoms. The molecule has 0 radical (unpaired) electrons. The Bertz CT molecular complexity index is 351. The molecule has 0 fully saturated rings. The molecule has 0 aromatic heterocycles. The minimum absolute atomic E-state index is 0.322. The van der Waals surface area contributed by atoms with E-state index in [9.17, 15) is 4.79 Å². The Morgan fingerprint density at radius 1 is 1.31 bits per heavy atom. The van der Waals surface area contributed by atoms with Crippen molar-refractivity contribution in [1.29, 1.82) is 0 Å². The summed E-state index contributed by atoms with van der Waals surface area (Å²) in [5.74, 6) is -0.627. The second-order valence-electron chi connectivity index (χ2n) is 3.11. The largest absolute Gasteiger partial charge is 0.460 e. The normalized spacial score (nSPS) is 13.2. The SMILES string of the molecule is NC(C(=O)OCC(Cl)(Cl)Cl)c1ccccc1. The van der Waals surface area contributed by atoms with E-state index in [4.69, 9.17) is 45.3 Å². The molecule has 0 saturated heterocycles. The maximum absolute atomic E-state index is 11.5. The molecule has 0 aliphatic rings. The first-order chi connectivity index (χ1) is 7.40. The van der Waals surface area contributed by atoms with Crippen molar-refractivity contribution in [2.45, 2.75) is 9.83 Å². The number of benzene rings is 1. The summed E-state index contributed by atoms with van der Waals surface area (Å²) in [6.07, 6.45) is 0. The maximum atomic E-state index is 11.5. The van der Waals surface area contributed by atoms with Crippen LogP contribution in [0.2, 0.25) is 0 Å². The Morgan fingerprint density at radius 3 is 2.38 bits per heavy atom. The molecule has 16 heavy (non-hydrogen) atoms. The highest BCUT2D eigenvalue weighted by molar-refractivity contribution is 6.67. The first-order valence-corrected chi connectivity index (χ1v) is 5.57. The van der Waals surface area contributed by atoms with Gasteiger partial charge in [-0.3, -0.25) is 0 Å². The number of rotatable bonds is 3. The average molecular weight is 283 g/mol. The molecule has 6 heteroatoms. The minimum Gasteiger partial charge on any atom is -0.460 e. The highest BCUT2D eigenvalue weighted by atomic mass is 35.6. The van der Waals surface area contributed by atoms with Crippen LogP contribution in [-0.2, 0) is 9.53 Å². The summed E-state index contributed by atoms with van der Waals surface area (Å²) < 4.78 is 3.14. The number of carbonyl (C=O) groups is 1. The molecule has 0 heterocycles. The summed E-state index contributed by atoms with van der Waals surface area (Å²) >= 11 is 16.3. The molecular formula is C10H10Cl3NO2. The van der Waals surface area contributed by atoms with Crippen molar-refractivity contribution >= 4 is 40.8 Å². The molecule has 0 aliphatic heterocycles. The number of hydrogen-bond donors (Lipinski definition) is 1. The lowest BCUT2D eigenvalue weighted by Gasteiger charge is -2.15. The van der Waals surface area contributed by atoms with Gasteiger partial charge in [0.05, 0.1) is 0 Å². The van der Waals surface area contributed by atoms with E-state index in [1.165, 1.54) is 0 Å². The van der Waals surface area contributed by atoms with Gasteiger partial charge in [-0.2, -0.15) is 0 Å². The predicted molar refractivity (Wildman–Crippen MR) is 64.6 cm³/mol. The van der Waals surface area contributed by atoms with Gasteiger partial charge < -0.3 is 10.5 Å². The smallest absolute Gasteiger partial charge is 0.327 e. The van der Waals surface area contributed by atoms with Gasteiger partial charge in [-0.05, 0) is 5.56 Å². The summed E-state index contributed by atoms with van der Waals surface area (Å²) in [5, 5.41) is 0. The third kappa shape index (κ3) is 4.58. The number of esters is 1. The molecular weight excluding hydrogens is 272 g/mol. The molecule has 0 spiro atoms. The Labute approximate surface area is 108 Å². The second-order valence-corrected chi connectivity index (χ2v) is 5.63. The van der Waals surface area contributed by atoms with E-state index in [0.717, 1.165) is 0 Å². The van der Waals surface area contributed by atoms with E-state index in [2.05, 4.69) is 0 Å². The number of hydrogen-bond acceptors (Lipinski definition) is 3. The van der Waals surface area contributed by atoms with Gasteiger partial charge in [0.25, 0.3) is 0 Å². The van der Waals surface area contributed by atoms with Gasteiger partial charge in [-0.25, -0.2) is 4.79 Å². The van der Waals surface area contributed by atoms with Crippen LogP contribution in [0.3, 0.4) is 0 Å². The third-order valence-corrected chi connectivity index (χ3v) is 2.12. The van der Waals surface area contributed by atoms with Gasteiger partial charge in [0.1, 0.15) is 12.6 Å². The molecule has 88 valence electrons. The topological polar surface area (TPSA) is 52.3 Å². The van der Waals surface area contributed by atoms with Crippen LogP contribution in [0.25, 0.3) is 0 Å². The summed E-state index contributed by atoms with van der Waals surface area (Å²) in [6, 6.07) is 7.95. The van der Waals surface area contributed by atoms with Crippen molar-refractivity contribution in [3.8, 4) is 0 Å². The Morgan fingerprint density at radius 2 is 1.88 bits per heavy atom. The van der Waals surface area contributed by atoms with Crippen molar-refractivity contribution in [3.63, 3.8) is 0 Å². The number of alkyl halides is 3. The van der Waals surface area contributed by atoms with Crippen LogP contribution in [0.1, 0.15) is 11.6 Å². The molecule has 2 N–H and O–H groups in total. The summed E-state index contributed by atoms with van der Waals surface area (Å²) in [4.78, 5) is 11.5. The molecule has 1 atom stereocenters. The van der Waals surface area contributed by atoms with Crippen LogP contribution in [0.5, 0.6) is 0 Å². The molecule has 1 aromatic rings. The van der Waals surface area contributed by atoms with Crippen LogP contribution in [0, 0.1) is 0 Å². The van der Waals surface area contributed by atoms with Crippen LogP contribution in [0.4, 0.5) is 0 Å². The Hall–Kier alpha value is -0.480. The molecule has 0 saturated carbocycles. The molecule has 3 nitrogen and oxygen atoms in total. The quantitative estimate of drug-likeness (QED) is 0.685. The summed E-state index contributed by atoms with van der Waals surface area (Å²) in [6.45, 7) is -0.322. The highest BCUT2D eigenvalue weighted by Gasteiger charge is 2.25. The zero-order valence-electron chi connectivity index (χ0n) is 8.20. The van der Waals surface area contributed by atoms with Crippen molar-refractivity contribution in [2.24, 2.45) is 5.73 Å².